The first kappa shape index (κ1) is 32.5. The molecule has 0 aliphatic carbocycles. The summed E-state index contributed by atoms with van der Waals surface area (Å²) >= 11 is 0. The number of pyridine rings is 1. The number of hydrogen-bond donors (Lipinski definition) is 5. The summed E-state index contributed by atoms with van der Waals surface area (Å²) in [7, 11) is 0. The number of aliphatic carboxylic acids is 1. The van der Waals surface area contributed by atoms with E-state index in [1.165, 1.54) is 12.3 Å². The Morgan fingerprint density at radius 2 is 1.62 bits per heavy atom. The largest absolute Gasteiger partial charge is 0.480 e. The maximum absolute atomic E-state index is 13.4. The summed E-state index contributed by atoms with van der Waals surface area (Å²) in [5.74, 6) is 0.488. The van der Waals surface area contributed by atoms with Gasteiger partial charge >= 0.3 is 18.0 Å². The van der Waals surface area contributed by atoms with Crippen LogP contribution < -0.4 is 26.0 Å². The molecule has 5 aromatic rings. The van der Waals surface area contributed by atoms with Gasteiger partial charge in [-0.25, -0.2) is 24.0 Å². The molecule has 0 aliphatic heterocycles. The van der Waals surface area contributed by atoms with E-state index in [0.29, 0.717) is 23.0 Å². The highest BCUT2D eigenvalue weighted by Crippen LogP contribution is 2.35. The summed E-state index contributed by atoms with van der Waals surface area (Å²) in [6.07, 6.45) is 1.70. The fourth-order valence-electron chi connectivity index (χ4n) is 4.78. The van der Waals surface area contributed by atoms with Crippen molar-refractivity contribution in [2.45, 2.75) is 52.5 Å². The Kier molecular flexibility index (Phi) is 9.41. The van der Waals surface area contributed by atoms with Crippen LogP contribution in [0.2, 0.25) is 0 Å². The molecule has 12 heteroatoms. The van der Waals surface area contributed by atoms with Crippen molar-refractivity contribution in [1.82, 2.24) is 20.1 Å². The zero-order chi connectivity index (χ0) is 33.7. The molecule has 0 spiro atoms. The quantitative estimate of drug-likeness (QED) is 0.112. The molecule has 47 heavy (non-hydrogen) atoms. The van der Waals surface area contributed by atoms with Gasteiger partial charge in [0.25, 0.3) is 0 Å². The molecule has 4 amide bonds. The predicted octanol–water partition coefficient (Wildman–Crippen LogP) is 7.45. The molecule has 1 atom stereocenters. The number of rotatable bonds is 9. The maximum atomic E-state index is 13.4. The van der Waals surface area contributed by atoms with Gasteiger partial charge in [-0.2, -0.15) is 5.10 Å². The second-order valence-corrected chi connectivity index (χ2v) is 12.0. The Bertz CT molecular complexity index is 1930. The van der Waals surface area contributed by atoms with Gasteiger partial charge in [-0.3, -0.25) is 10.6 Å². The Morgan fingerprint density at radius 3 is 2.30 bits per heavy atom. The molecule has 12 nitrogen and oxygen atoms in total. The smallest absolute Gasteiger partial charge is 0.326 e. The average Bonchev–Trinajstić information content (AvgIpc) is 3.46. The van der Waals surface area contributed by atoms with Gasteiger partial charge in [0.15, 0.2) is 0 Å². The molecule has 0 saturated carbocycles. The van der Waals surface area contributed by atoms with Crippen molar-refractivity contribution in [1.29, 1.82) is 0 Å². The maximum Gasteiger partial charge on any atom is 0.326 e. The Balaban J connectivity index is 1.34. The number of benzene rings is 3. The zero-order valence-corrected chi connectivity index (χ0v) is 26.8. The highest BCUT2D eigenvalue weighted by Gasteiger charge is 2.22. The van der Waals surface area contributed by atoms with E-state index < -0.39 is 24.1 Å². The third-order valence-corrected chi connectivity index (χ3v) is 7.34. The summed E-state index contributed by atoms with van der Waals surface area (Å²) in [6, 6.07) is 21.8. The number of nitrogens with zero attached hydrogens (tertiary/aromatic N) is 3. The van der Waals surface area contributed by atoms with Crippen LogP contribution in [0.3, 0.4) is 0 Å². The number of nitrogens with one attached hydrogen (secondary N) is 4. The molecular weight excluding hydrogens is 598 g/mol. The van der Waals surface area contributed by atoms with Crippen LogP contribution in [0, 0.1) is 6.92 Å². The standard InChI is InChI=1S/C35H37N7O5/c1-6-26(32(43)44)37-33(45)39-30-19-23(17-18-36-30)47-28-16-15-27(24-9-7-8-10-25(24)28)38-34(46)40-31-20-29(35(3,4)5)41-42(31)22-13-11-21(2)12-14-22/h7-20,26H,6H2,1-5H3,(H,43,44)(H2,38,40,46)(H2,36,37,39,45). The molecule has 3 aromatic carbocycles. The van der Waals surface area contributed by atoms with Crippen molar-refractivity contribution in [3.63, 3.8) is 0 Å². The van der Waals surface area contributed by atoms with E-state index in [4.69, 9.17) is 9.84 Å². The number of carbonyl (C=O) groups is 3. The van der Waals surface area contributed by atoms with E-state index in [9.17, 15) is 19.5 Å². The molecule has 0 bridgehead atoms. The lowest BCUT2D eigenvalue weighted by Gasteiger charge is -2.15. The number of carboxylic acid groups (broad SMARTS) is 1. The van der Waals surface area contributed by atoms with Gasteiger partial charge < -0.3 is 20.5 Å². The van der Waals surface area contributed by atoms with Crippen LogP contribution in [0.15, 0.2) is 85.1 Å². The minimum Gasteiger partial charge on any atom is -0.480 e. The fraction of sp³-hybridized carbons (Fsp3) is 0.229. The molecule has 0 aliphatic rings. The van der Waals surface area contributed by atoms with E-state index in [1.807, 2.05) is 61.5 Å². The lowest BCUT2D eigenvalue weighted by molar-refractivity contribution is -0.139. The second-order valence-electron chi connectivity index (χ2n) is 12.0. The van der Waals surface area contributed by atoms with E-state index in [0.717, 1.165) is 27.7 Å². The lowest BCUT2D eigenvalue weighted by Crippen LogP contribution is -2.42. The van der Waals surface area contributed by atoms with Gasteiger partial charge in [-0.1, -0.05) is 69.7 Å². The van der Waals surface area contributed by atoms with Crippen LogP contribution in [-0.2, 0) is 10.2 Å². The van der Waals surface area contributed by atoms with Crippen molar-refractivity contribution in [3.05, 3.63) is 96.3 Å². The number of carbonyl (C=O) groups excluding carboxylic acids is 2. The van der Waals surface area contributed by atoms with Crippen molar-refractivity contribution >= 4 is 46.1 Å². The molecular formula is C35H37N7O5. The molecule has 1 unspecified atom stereocenters. The Morgan fingerprint density at radius 1 is 0.894 bits per heavy atom. The minimum atomic E-state index is -1.13. The SMILES string of the molecule is CCC(NC(=O)Nc1cc(Oc2ccc(NC(=O)Nc3cc(C(C)(C)C)nn3-c3ccc(C)cc3)c3ccccc23)ccn1)C(=O)O. The topological polar surface area (TPSA) is 160 Å². The lowest BCUT2D eigenvalue weighted by atomic mass is 9.92. The average molecular weight is 636 g/mol. The van der Waals surface area contributed by atoms with Gasteiger partial charge in [-0.15, -0.1) is 0 Å². The number of carboxylic acids is 1. The van der Waals surface area contributed by atoms with Crippen LogP contribution in [0.1, 0.15) is 45.4 Å². The van der Waals surface area contributed by atoms with Gasteiger partial charge in [-0.05, 0) is 43.7 Å². The first-order valence-corrected chi connectivity index (χ1v) is 15.1. The van der Waals surface area contributed by atoms with Crippen LogP contribution >= 0.6 is 0 Å². The normalized spacial score (nSPS) is 11.9. The number of anilines is 3. The number of fused-ring (bicyclic) bond motifs is 1. The molecule has 5 rings (SSSR count). The van der Waals surface area contributed by atoms with Crippen molar-refractivity contribution in [2.75, 3.05) is 16.0 Å². The van der Waals surface area contributed by atoms with Crippen LogP contribution in [0.5, 0.6) is 11.5 Å². The number of aryl methyl sites for hydroxylation is 1. The summed E-state index contributed by atoms with van der Waals surface area (Å²) in [6.45, 7) is 9.88. The highest BCUT2D eigenvalue weighted by molar-refractivity contribution is 6.07. The molecule has 242 valence electrons. The summed E-state index contributed by atoms with van der Waals surface area (Å²) < 4.78 is 7.90. The molecule has 0 fully saturated rings. The molecule has 2 heterocycles. The summed E-state index contributed by atoms with van der Waals surface area (Å²) in [5.41, 5.74) is 3.12. The highest BCUT2D eigenvalue weighted by atomic mass is 16.5. The van der Waals surface area contributed by atoms with Gasteiger partial charge in [0.2, 0.25) is 0 Å². The number of amides is 4. The van der Waals surface area contributed by atoms with Crippen molar-refractivity contribution in [2.24, 2.45) is 0 Å². The van der Waals surface area contributed by atoms with Gasteiger partial charge in [0.05, 0.1) is 17.1 Å². The summed E-state index contributed by atoms with van der Waals surface area (Å²) in [4.78, 5) is 41.1. The van der Waals surface area contributed by atoms with Crippen molar-refractivity contribution < 1.29 is 24.2 Å². The number of urea groups is 2. The first-order valence-electron chi connectivity index (χ1n) is 15.1. The van der Waals surface area contributed by atoms with E-state index in [2.05, 4.69) is 47.0 Å². The predicted molar refractivity (Wildman–Crippen MR) is 182 cm³/mol. The summed E-state index contributed by atoms with van der Waals surface area (Å²) in [5, 5.41) is 26.3. The van der Waals surface area contributed by atoms with E-state index >= 15 is 0 Å². The Hall–Kier alpha value is -5.91. The number of ether oxygens (including phenoxy) is 1. The molecule has 5 N–H and O–H groups in total. The molecule has 2 aromatic heterocycles. The van der Waals surface area contributed by atoms with Crippen molar-refractivity contribution in [3.8, 4) is 17.2 Å². The number of hydrogen-bond acceptors (Lipinski definition) is 6. The molecule has 0 radical (unpaired) electrons. The van der Waals surface area contributed by atoms with Crippen LogP contribution in [0.4, 0.5) is 26.9 Å². The fourth-order valence-corrected chi connectivity index (χ4v) is 4.78. The number of aromatic nitrogens is 3. The van der Waals surface area contributed by atoms with E-state index in [1.54, 1.807) is 29.8 Å². The second kappa shape index (κ2) is 13.6. The molecule has 0 saturated heterocycles. The Labute approximate surface area is 272 Å². The van der Waals surface area contributed by atoms with Gasteiger partial charge in [0, 0.05) is 34.5 Å². The third kappa shape index (κ3) is 7.85. The first-order chi connectivity index (χ1) is 22.4. The van der Waals surface area contributed by atoms with Crippen LogP contribution in [-0.4, -0.2) is 43.9 Å². The zero-order valence-electron chi connectivity index (χ0n) is 26.8. The van der Waals surface area contributed by atoms with Crippen LogP contribution in [0.25, 0.3) is 16.5 Å². The minimum absolute atomic E-state index is 0.180. The third-order valence-electron chi connectivity index (χ3n) is 7.34. The monoisotopic (exact) mass is 635 g/mol. The van der Waals surface area contributed by atoms with Gasteiger partial charge in [0.1, 0.15) is 29.2 Å². The van der Waals surface area contributed by atoms with E-state index in [-0.39, 0.29) is 17.7 Å².